The predicted octanol–water partition coefficient (Wildman–Crippen LogP) is 3.06. The minimum atomic E-state index is -3.80. The molecule has 2 rings (SSSR count). The number of hydrogen-bond acceptors (Lipinski definition) is 5. The first kappa shape index (κ1) is 26.5. The molecule has 2 aromatic rings. The van der Waals surface area contributed by atoms with E-state index in [1.165, 1.54) is 18.1 Å². The minimum absolute atomic E-state index is 0.110. The molecule has 1 N–H and O–H groups in total. The zero-order chi connectivity index (χ0) is 24.8. The number of sulfonamides is 1. The van der Waals surface area contributed by atoms with E-state index < -0.39 is 28.5 Å². The fourth-order valence-corrected chi connectivity index (χ4v) is 4.12. The molecule has 2 amide bonds. The van der Waals surface area contributed by atoms with Gasteiger partial charge in [0.1, 0.15) is 18.3 Å². The molecule has 1 unspecified atom stereocenters. The summed E-state index contributed by atoms with van der Waals surface area (Å²) in [5.74, 6) is -0.402. The van der Waals surface area contributed by atoms with E-state index in [1.54, 1.807) is 49.4 Å². The Bertz CT molecular complexity index is 1070. The lowest BCUT2D eigenvalue weighted by molar-refractivity contribution is -0.139. The lowest BCUT2D eigenvalue weighted by Gasteiger charge is -2.32. The van der Waals surface area contributed by atoms with Gasteiger partial charge in [0, 0.05) is 23.7 Å². The molecule has 0 saturated heterocycles. The van der Waals surface area contributed by atoms with Crippen molar-refractivity contribution in [2.45, 2.75) is 39.4 Å². The van der Waals surface area contributed by atoms with Gasteiger partial charge in [-0.15, -0.1) is 0 Å². The third-order valence-corrected chi connectivity index (χ3v) is 6.28. The van der Waals surface area contributed by atoms with E-state index in [0.717, 1.165) is 16.1 Å². The standard InChI is InChI=1S/C23H30ClN3O5S/c1-16(2)25-23(29)17(3)26(14-18-9-11-19(24)12-10-18)22(28)15-27(33(5,30)31)20-7-6-8-21(13-20)32-4/h6-13,16-17H,14-15H2,1-5H3,(H,25,29). The highest BCUT2D eigenvalue weighted by molar-refractivity contribution is 7.92. The summed E-state index contributed by atoms with van der Waals surface area (Å²) in [5.41, 5.74) is 1.04. The van der Waals surface area contributed by atoms with E-state index >= 15 is 0 Å². The molecule has 8 nitrogen and oxygen atoms in total. The Kier molecular flexibility index (Phi) is 9.13. The smallest absolute Gasteiger partial charge is 0.244 e. The molecular formula is C23H30ClN3O5S. The van der Waals surface area contributed by atoms with Crippen molar-refractivity contribution in [3.8, 4) is 5.75 Å². The Morgan fingerprint density at radius 2 is 1.73 bits per heavy atom. The summed E-state index contributed by atoms with van der Waals surface area (Å²) in [5, 5.41) is 3.35. The van der Waals surface area contributed by atoms with Crippen molar-refractivity contribution in [3.63, 3.8) is 0 Å². The highest BCUT2D eigenvalue weighted by Crippen LogP contribution is 2.24. The lowest BCUT2D eigenvalue weighted by atomic mass is 10.1. The second-order valence-electron chi connectivity index (χ2n) is 7.96. The van der Waals surface area contributed by atoms with E-state index in [4.69, 9.17) is 16.3 Å². The molecule has 2 aromatic carbocycles. The van der Waals surface area contributed by atoms with Gasteiger partial charge in [-0.1, -0.05) is 29.8 Å². The maximum Gasteiger partial charge on any atom is 0.244 e. The van der Waals surface area contributed by atoms with Gasteiger partial charge in [-0.05, 0) is 50.6 Å². The van der Waals surface area contributed by atoms with Gasteiger partial charge in [0.25, 0.3) is 0 Å². The summed E-state index contributed by atoms with van der Waals surface area (Å²) in [7, 11) is -2.33. The number of nitrogens with one attached hydrogen (secondary N) is 1. The van der Waals surface area contributed by atoms with Gasteiger partial charge in [0.05, 0.1) is 19.1 Å². The molecule has 0 bridgehead atoms. The SMILES string of the molecule is COc1cccc(N(CC(=O)N(Cc2ccc(Cl)cc2)C(C)C(=O)NC(C)C)S(C)(=O)=O)c1. The van der Waals surface area contributed by atoms with E-state index in [-0.39, 0.29) is 24.2 Å². The van der Waals surface area contributed by atoms with E-state index in [9.17, 15) is 18.0 Å². The number of anilines is 1. The van der Waals surface area contributed by atoms with Crippen molar-refractivity contribution in [1.82, 2.24) is 10.2 Å². The van der Waals surface area contributed by atoms with Crippen molar-refractivity contribution in [3.05, 3.63) is 59.1 Å². The number of ether oxygens (including phenoxy) is 1. The number of rotatable bonds is 10. The van der Waals surface area contributed by atoms with Gasteiger partial charge >= 0.3 is 0 Å². The third-order valence-electron chi connectivity index (χ3n) is 4.88. The van der Waals surface area contributed by atoms with Crippen LogP contribution in [0.2, 0.25) is 5.02 Å². The fraction of sp³-hybridized carbons (Fsp3) is 0.391. The third kappa shape index (κ3) is 7.64. The predicted molar refractivity (Wildman–Crippen MR) is 130 cm³/mol. The van der Waals surface area contributed by atoms with Crippen LogP contribution in [0.15, 0.2) is 48.5 Å². The number of methoxy groups -OCH3 is 1. The second kappa shape index (κ2) is 11.4. The molecule has 33 heavy (non-hydrogen) atoms. The summed E-state index contributed by atoms with van der Waals surface area (Å²) in [6.07, 6.45) is 1.03. The van der Waals surface area contributed by atoms with Gasteiger partial charge < -0.3 is 15.0 Å². The van der Waals surface area contributed by atoms with Crippen molar-refractivity contribution in [2.24, 2.45) is 0 Å². The maximum absolute atomic E-state index is 13.4. The summed E-state index contributed by atoms with van der Waals surface area (Å²) < 4.78 is 31.3. The van der Waals surface area contributed by atoms with Crippen molar-refractivity contribution in [2.75, 3.05) is 24.2 Å². The first-order chi connectivity index (χ1) is 15.4. The highest BCUT2D eigenvalue weighted by Gasteiger charge is 2.30. The van der Waals surface area contributed by atoms with Crippen LogP contribution in [0.1, 0.15) is 26.3 Å². The summed E-state index contributed by atoms with van der Waals surface area (Å²) >= 11 is 5.96. The largest absolute Gasteiger partial charge is 0.497 e. The summed E-state index contributed by atoms with van der Waals surface area (Å²) in [6.45, 7) is 4.90. The number of nitrogens with zero attached hydrogens (tertiary/aromatic N) is 2. The first-order valence-electron chi connectivity index (χ1n) is 10.4. The molecule has 0 aromatic heterocycles. The molecular weight excluding hydrogens is 466 g/mol. The molecule has 10 heteroatoms. The number of benzene rings is 2. The quantitative estimate of drug-likeness (QED) is 0.546. The molecule has 0 aliphatic carbocycles. The Labute approximate surface area is 200 Å². The number of halogens is 1. The molecule has 0 spiro atoms. The van der Waals surface area contributed by atoms with Gasteiger partial charge in [-0.2, -0.15) is 0 Å². The Morgan fingerprint density at radius 3 is 2.27 bits per heavy atom. The van der Waals surface area contributed by atoms with E-state index in [1.807, 2.05) is 13.8 Å². The number of hydrogen-bond donors (Lipinski definition) is 1. The summed E-state index contributed by atoms with van der Waals surface area (Å²) in [6, 6.07) is 12.4. The van der Waals surface area contributed by atoms with Crippen molar-refractivity contribution >= 4 is 39.1 Å². The Balaban J connectivity index is 2.39. The lowest BCUT2D eigenvalue weighted by Crippen LogP contribution is -2.52. The van der Waals surface area contributed by atoms with Gasteiger partial charge in [0.2, 0.25) is 21.8 Å². The van der Waals surface area contributed by atoms with Gasteiger partial charge in [-0.25, -0.2) is 8.42 Å². The molecule has 0 aliphatic rings. The Morgan fingerprint density at radius 1 is 1.09 bits per heavy atom. The minimum Gasteiger partial charge on any atom is -0.497 e. The van der Waals surface area contributed by atoms with Crippen molar-refractivity contribution in [1.29, 1.82) is 0 Å². The molecule has 0 fully saturated rings. The number of carbonyl (C=O) groups excluding carboxylic acids is 2. The van der Waals surface area contributed by atoms with Crippen LogP contribution in [0.5, 0.6) is 5.75 Å². The first-order valence-corrected chi connectivity index (χ1v) is 12.6. The zero-order valence-electron chi connectivity index (χ0n) is 19.4. The van der Waals surface area contributed by atoms with Crippen LogP contribution < -0.4 is 14.4 Å². The zero-order valence-corrected chi connectivity index (χ0v) is 21.0. The van der Waals surface area contributed by atoms with Crippen LogP contribution in [0, 0.1) is 0 Å². The van der Waals surface area contributed by atoms with Crippen LogP contribution in [-0.4, -0.2) is 57.1 Å². The van der Waals surface area contributed by atoms with E-state index in [0.29, 0.717) is 10.8 Å². The van der Waals surface area contributed by atoms with Crippen molar-refractivity contribution < 1.29 is 22.7 Å². The number of amides is 2. The molecule has 0 saturated carbocycles. The molecule has 180 valence electrons. The molecule has 1 atom stereocenters. The van der Waals surface area contributed by atoms with Gasteiger partial charge in [0.15, 0.2) is 0 Å². The van der Waals surface area contributed by atoms with E-state index in [2.05, 4.69) is 5.32 Å². The van der Waals surface area contributed by atoms with Crippen LogP contribution >= 0.6 is 11.6 Å². The Hall–Kier alpha value is -2.78. The maximum atomic E-state index is 13.4. The van der Waals surface area contributed by atoms with Crippen LogP contribution in [-0.2, 0) is 26.2 Å². The van der Waals surface area contributed by atoms with Crippen LogP contribution in [0.25, 0.3) is 0 Å². The second-order valence-corrected chi connectivity index (χ2v) is 10.3. The fourth-order valence-electron chi connectivity index (χ4n) is 3.15. The monoisotopic (exact) mass is 495 g/mol. The van der Waals surface area contributed by atoms with Crippen LogP contribution in [0.4, 0.5) is 5.69 Å². The van der Waals surface area contributed by atoms with Gasteiger partial charge in [-0.3, -0.25) is 13.9 Å². The highest BCUT2D eigenvalue weighted by atomic mass is 35.5. The average Bonchev–Trinajstić information content (AvgIpc) is 2.75. The summed E-state index contributed by atoms with van der Waals surface area (Å²) in [4.78, 5) is 27.5. The number of carbonyl (C=O) groups is 2. The molecule has 0 radical (unpaired) electrons. The molecule has 0 heterocycles. The normalized spacial score (nSPS) is 12.2. The molecule has 0 aliphatic heterocycles. The average molecular weight is 496 g/mol. The topological polar surface area (TPSA) is 96.0 Å². The van der Waals surface area contributed by atoms with Crippen LogP contribution in [0.3, 0.4) is 0 Å².